The molecule has 1 amide bonds. The summed E-state index contributed by atoms with van der Waals surface area (Å²) >= 11 is 0. The molecule has 0 aliphatic rings. The first kappa shape index (κ1) is 19.3. The summed E-state index contributed by atoms with van der Waals surface area (Å²) in [5.41, 5.74) is 1.13. The third-order valence-corrected chi connectivity index (χ3v) is 4.27. The Hall–Kier alpha value is -4.07. The van der Waals surface area contributed by atoms with E-state index in [-0.39, 0.29) is 22.8 Å². The Balaban J connectivity index is 1.77. The molecule has 5 nitrogen and oxygen atoms in total. The van der Waals surface area contributed by atoms with Crippen molar-refractivity contribution in [2.45, 2.75) is 0 Å². The van der Waals surface area contributed by atoms with Crippen LogP contribution in [0.1, 0.15) is 10.4 Å². The van der Waals surface area contributed by atoms with Crippen LogP contribution in [-0.4, -0.2) is 20.9 Å². The maximum absolute atomic E-state index is 13.9. The molecule has 0 aliphatic heterocycles. The van der Waals surface area contributed by atoms with Crippen molar-refractivity contribution in [1.82, 2.24) is 15.0 Å². The molecular weight excluding hydrogens is 393 g/mol. The van der Waals surface area contributed by atoms with E-state index in [1.165, 1.54) is 42.9 Å². The zero-order valence-corrected chi connectivity index (χ0v) is 15.3. The highest BCUT2D eigenvalue weighted by Crippen LogP contribution is 2.26. The predicted octanol–water partition coefficient (Wildman–Crippen LogP) is 4.88. The number of anilines is 1. The number of amides is 1. The van der Waals surface area contributed by atoms with Crippen molar-refractivity contribution in [2.24, 2.45) is 0 Å². The first-order valence-electron chi connectivity index (χ1n) is 8.81. The third kappa shape index (κ3) is 4.02. The van der Waals surface area contributed by atoms with Gasteiger partial charge < -0.3 is 5.32 Å². The van der Waals surface area contributed by atoms with E-state index in [1.807, 2.05) is 0 Å². The van der Waals surface area contributed by atoms with Gasteiger partial charge in [-0.15, -0.1) is 0 Å². The van der Waals surface area contributed by atoms with Crippen LogP contribution in [0.3, 0.4) is 0 Å². The standard InChI is InChI=1S/C22H13F3N4O/c23-15-3-1-14(2-4-15)21-27-12-17(20(29-21)13-7-9-26-10-8-13)22(30)28-19-11-16(24)5-6-18(19)25/h1-12H,(H,28,30). The van der Waals surface area contributed by atoms with Gasteiger partial charge in [-0.05, 0) is 48.5 Å². The van der Waals surface area contributed by atoms with Crippen LogP contribution in [0.2, 0.25) is 0 Å². The highest BCUT2D eigenvalue weighted by Gasteiger charge is 2.18. The molecule has 8 heteroatoms. The minimum absolute atomic E-state index is 0.0516. The molecule has 0 unspecified atom stereocenters. The number of nitrogens with zero attached hydrogens (tertiary/aromatic N) is 3. The maximum Gasteiger partial charge on any atom is 0.259 e. The quantitative estimate of drug-likeness (QED) is 0.525. The van der Waals surface area contributed by atoms with Crippen molar-refractivity contribution in [1.29, 1.82) is 0 Å². The lowest BCUT2D eigenvalue weighted by Gasteiger charge is -2.12. The van der Waals surface area contributed by atoms with E-state index in [1.54, 1.807) is 12.1 Å². The van der Waals surface area contributed by atoms with Crippen molar-refractivity contribution < 1.29 is 18.0 Å². The fourth-order valence-electron chi connectivity index (χ4n) is 2.80. The second-order valence-corrected chi connectivity index (χ2v) is 6.28. The fourth-order valence-corrected chi connectivity index (χ4v) is 2.80. The highest BCUT2D eigenvalue weighted by atomic mass is 19.1. The molecule has 0 atom stereocenters. The molecule has 30 heavy (non-hydrogen) atoms. The molecule has 0 saturated carbocycles. The molecule has 0 aliphatic carbocycles. The van der Waals surface area contributed by atoms with E-state index in [2.05, 4.69) is 20.3 Å². The van der Waals surface area contributed by atoms with Crippen molar-refractivity contribution in [3.8, 4) is 22.6 Å². The van der Waals surface area contributed by atoms with Gasteiger partial charge in [0.2, 0.25) is 0 Å². The lowest BCUT2D eigenvalue weighted by atomic mass is 10.1. The van der Waals surface area contributed by atoms with E-state index >= 15 is 0 Å². The molecule has 148 valence electrons. The van der Waals surface area contributed by atoms with E-state index in [9.17, 15) is 18.0 Å². The number of benzene rings is 2. The molecule has 0 bridgehead atoms. The van der Waals surface area contributed by atoms with Crippen LogP contribution in [-0.2, 0) is 0 Å². The minimum atomic E-state index is -0.779. The summed E-state index contributed by atoms with van der Waals surface area (Å²) in [5, 5.41) is 2.35. The molecule has 0 saturated heterocycles. The second kappa shape index (κ2) is 8.12. The Morgan fingerprint density at radius 1 is 0.833 bits per heavy atom. The van der Waals surface area contributed by atoms with Gasteiger partial charge in [-0.2, -0.15) is 0 Å². The number of pyridine rings is 1. The van der Waals surface area contributed by atoms with Gasteiger partial charge in [0.1, 0.15) is 17.5 Å². The smallest absolute Gasteiger partial charge is 0.259 e. The second-order valence-electron chi connectivity index (χ2n) is 6.28. The van der Waals surface area contributed by atoms with Crippen LogP contribution in [0.15, 0.2) is 73.2 Å². The number of hydrogen-bond acceptors (Lipinski definition) is 4. The van der Waals surface area contributed by atoms with Gasteiger partial charge in [0, 0.05) is 35.8 Å². The average Bonchev–Trinajstić information content (AvgIpc) is 2.77. The van der Waals surface area contributed by atoms with Gasteiger partial charge in [0.25, 0.3) is 5.91 Å². The maximum atomic E-state index is 13.9. The molecule has 0 radical (unpaired) electrons. The molecule has 4 rings (SSSR count). The Bertz CT molecular complexity index is 1210. The molecule has 2 aromatic carbocycles. The summed E-state index contributed by atoms with van der Waals surface area (Å²) in [4.78, 5) is 25.4. The normalized spacial score (nSPS) is 10.6. The van der Waals surface area contributed by atoms with E-state index < -0.39 is 23.4 Å². The average molecular weight is 406 g/mol. The SMILES string of the molecule is O=C(Nc1cc(F)ccc1F)c1cnc(-c2ccc(F)cc2)nc1-c1ccncc1. The number of aromatic nitrogens is 3. The Morgan fingerprint density at radius 3 is 2.27 bits per heavy atom. The summed E-state index contributed by atoms with van der Waals surface area (Å²) in [5.74, 6) is -2.31. The summed E-state index contributed by atoms with van der Waals surface area (Å²) in [6.45, 7) is 0. The summed E-state index contributed by atoms with van der Waals surface area (Å²) < 4.78 is 40.6. The summed E-state index contributed by atoms with van der Waals surface area (Å²) in [6, 6.07) is 11.6. The van der Waals surface area contributed by atoms with Gasteiger partial charge >= 0.3 is 0 Å². The van der Waals surface area contributed by atoms with Gasteiger partial charge in [-0.1, -0.05) is 0 Å². The Morgan fingerprint density at radius 2 is 1.53 bits per heavy atom. The van der Waals surface area contributed by atoms with Crippen LogP contribution < -0.4 is 5.32 Å². The van der Waals surface area contributed by atoms with E-state index in [0.29, 0.717) is 11.1 Å². The first-order valence-corrected chi connectivity index (χ1v) is 8.81. The number of halogens is 3. The molecule has 4 aromatic rings. The number of nitrogens with one attached hydrogen (secondary N) is 1. The van der Waals surface area contributed by atoms with Crippen molar-refractivity contribution >= 4 is 11.6 Å². The zero-order valence-electron chi connectivity index (χ0n) is 15.3. The molecule has 2 heterocycles. The van der Waals surface area contributed by atoms with Crippen LogP contribution in [0.4, 0.5) is 18.9 Å². The predicted molar refractivity (Wildman–Crippen MR) is 105 cm³/mol. The third-order valence-electron chi connectivity index (χ3n) is 4.27. The molecule has 0 spiro atoms. The van der Waals surface area contributed by atoms with Crippen molar-refractivity contribution in [3.63, 3.8) is 0 Å². The monoisotopic (exact) mass is 406 g/mol. The zero-order chi connectivity index (χ0) is 21.1. The van der Waals surface area contributed by atoms with Gasteiger partial charge in [0.15, 0.2) is 5.82 Å². The minimum Gasteiger partial charge on any atom is -0.319 e. The number of rotatable bonds is 4. The highest BCUT2D eigenvalue weighted by molar-refractivity contribution is 6.08. The van der Waals surface area contributed by atoms with Crippen molar-refractivity contribution in [2.75, 3.05) is 5.32 Å². The number of carbonyl (C=O) groups excluding carboxylic acids is 1. The largest absolute Gasteiger partial charge is 0.319 e. The van der Waals surface area contributed by atoms with Gasteiger partial charge in [0.05, 0.1) is 16.9 Å². The number of carbonyl (C=O) groups is 1. The molecular formula is C22H13F3N4O. The van der Waals surface area contributed by atoms with Gasteiger partial charge in [-0.3, -0.25) is 9.78 Å². The van der Waals surface area contributed by atoms with E-state index in [0.717, 1.165) is 18.2 Å². The first-order chi connectivity index (χ1) is 14.5. The topological polar surface area (TPSA) is 67.8 Å². The van der Waals surface area contributed by atoms with Crippen LogP contribution in [0.5, 0.6) is 0 Å². The summed E-state index contributed by atoms with van der Waals surface area (Å²) in [7, 11) is 0. The number of hydrogen-bond donors (Lipinski definition) is 1. The van der Waals surface area contributed by atoms with Crippen molar-refractivity contribution in [3.05, 3.63) is 96.2 Å². The lowest BCUT2D eigenvalue weighted by molar-refractivity contribution is 0.102. The van der Waals surface area contributed by atoms with Crippen LogP contribution >= 0.6 is 0 Å². The lowest BCUT2D eigenvalue weighted by Crippen LogP contribution is -2.16. The van der Waals surface area contributed by atoms with E-state index in [4.69, 9.17) is 0 Å². The Kier molecular flexibility index (Phi) is 5.21. The molecule has 1 N–H and O–H groups in total. The van der Waals surface area contributed by atoms with Crippen LogP contribution in [0.25, 0.3) is 22.6 Å². The molecule has 0 fully saturated rings. The fraction of sp³-hybridized carbons (Fsp3) is 0. The molecule has 2 aromatic heterocycles. The van der Waals surface area contributed by atoms with Crippen LogP contribution in [0, 0.1) is 17.5 Å². The summed E-state index contributed by atoms with van der Waals surface area (Å²) in [6.07, 6.45) is 4.35. The Labute approximate surface area is 169 Å². The van der Waals surface area contributed by atoms with Gasteiger partial charge in [-0.25, -0.2) is 23.1 Å².